The Balaban J connectivity index is 4.20. The molecule has 0 amide bonds. The average molecular weight is 172 g/mol. The van der Waals surface area contributed by atoms with Crippen molar-refractivity contribution in [1.82, 2.24) is 5.32 Å². The summed E-state index contributed by atoms with van der Waals surface area (Å²) in [6, 6.07) is 2.68. The van der Waals surface area contributed by atoms with Gasteiger partial charge in [-0.3, -0.25) is 5.32 Å². The van der Waals surface area contributed by atoms with Gasteiger partial charge in [-0.1, -0.05) is 6.92 Å². The van der Waals surface area contributed by atoms with Crippen LogP contribution in [0.2, 0.25) is 0 Å². The fraction of sp³-hybridized carbons (Fsp3) is 0.875. The number of hydrogen-bond donors (Lipinski definition) is 1. The van der Waals surface area contributed by atoms with Gasteiger partial charge in [0.1, 0.15) is 5.54 Å². The van der Waals surface area contributed by atoms with Gasteiger partial charge in [0.2, 0.25) is 0 Å². The zero-order valence-electron chi connectivity index (χ0n) is 7.52. The lowest BCUT2D eigenvalue weighted by atomic mass is 10.00. The van der Waals surface area contributed by atoms with Gasteiger partial charge in [-0.05, 0) is 26.4 Å². The first-order valence-corrected chi connectivity index (χ1v) is 4.81. The standard InChI is InChI=1S/C8H17N2P/c1-4-8(5-9,6-11)10-7(2)3/h7,10H,4,6,11H2,1-3H3. The second-order valence-corrected chi connectivity index (χ2v) is 3.46. The van der Waals surface area contributed by atoms with Gasteiger partial charge in [-0.2, -0.15) is 5.26 Å². The minimum absolute atomic E-state index is 0.334. The van der Waals surface area contributed by atoms with Crippen LogP contribution in [0.5, 0.6) is 0 Å². The van der Waals surface area contributed by atoms with Crippen molar-refractivity contribution >= 4 is 9.24 Å². The molecule has 0 rings (SSSR count). The number of nitrogens with zero attached hydrogens (tertiary/aromatic N) is 1. The molecule has 0 saturated heterocycles. The van der Waals surface area contributed by atoms with Crippen molar-refractivity contribution in [2.24, 2.45) is 0 Å². The van der Waals surface area contributed by atoms with Crippen LogP contribution in [-0.4, -0.2) is 17.7 Å². The highest BCUT2D eigenvalue weighted by Gasteiger charge is 2.25. The lowest BCUT2D eigenvalue weighted by molar-refractivity contribution is 0.401. The maximum atomic E-state index is 8.90. The fourth-order valence-electron chi connectivity index (χ4n) is 1.01. The summed E-state index contributed by atoms with van der Waals surface area (Å²) in [5.74, 6) is 0. The Morgan fingerprint density at radius 2 is 2.18 bits per heavy atom. The lowest BCUT2D eigenvalue weighted by Gasteiger charge is -2.27. The van der Waals surface area contributed by atoms with Crippen molar-refractivity contribution in [2.45, 2.75) is 38.8 Å². The van der Waals surface area contributed by atoms with Crippen molar-refractivity contribution in [3.8, 4) is 6.07 Å². The molecule has 0 fully saturated rings. The molecule has 0 aromatic carbocycles. The van der Waals surface area contributed by atoms with E-state index in [9.17, 15) is 0 Å². The van der Waals surface area contributed by atoms with Crippen molar-refractivity contribution in [1.29, 1.82) is 5.26 Å². The Hall–Kier alpha value is -0.120. The molecule has 64 valence electrons. The van der Waals surface area contributed by atoms with E-state index >= 15 is 0 Å². The van der Waals surface area contributed by atoms with Gasteiger partial charge in [-0.25, -0.2) is 0 Å². The predicted molar refractivity (Wildman–Crippen MR) is 51.5 cm³/mol. The minimum atomic E-state index is -0.334. The summed E-state index contributed by atoms with van der Waals surface area (Å²) in [5, 5.41) is 12.2. The molecule has 3 heteroatoms. The molecule has 0 aromatic rings. The van der Waals surface area contributed by atoms with Crippen molar-refractivity contribution < 1.29 is 0 Å². The molecule has 0 spiro atoms. The number of nitrogens with one attached hydrogen (secondary N) is 1. The van der Waals surface area contributed by atoms with Crippen LogP contribution < -0.4 is 5.32 Å². The predicted octanol–water partition coefficient (Wildman–Crippen LogP) is 1.53. The monoisotopic (exact) mass is 172 g/mol. The summed E-state index contributed by atoms with van der Waals surface area (Å²) in [6.45, 7) is 6.15. The third-order valence-corrected chi connectivity index (χ3v) is 2.43. The Labute approximate surface area is 71.6 Å². The third-order valence-electron chi connectivity index (χ3n) is 1.73. The molecule has 0 heterocycles. The highest BCUT2D eigenvalue weighted by Crippen LogP contribution is 2.13. The number of rotatable bonds is 4. The Morgan fingerprint density at radius 3 is 2.27 bits per heavy atom. The number of nitriles is 1. The molecule has 0 aliphatic carbocycles. The lowest BCUT2D eigenvalue weighted by Crippen LogP contribution is -2.48. The van der Waals surface area contributed by atoms with E-state index < -0.39 is 0 Å². The smallest absolute Gasteiger partial charge is 0.110 e. The van der Waals surface area contributed by atoms with Gasteiger partial charge >= 0.3 is 0 Å². The van der Waals surface area contributed by atoms with Crippen LogP contribution in [0.3, 0.4) is 0 Å². The first-order valence-electron chi connectivity index (χ1n) is 3.99. The quantitative estimate of drug-likeness (QED) is 0.653. The van der Waals surface area contributed by atoms with Crippen molar-refractivity contribution in [3.05, 3.63) is 0 Å². The van der Waals surface area contributed by atoms with E-state index in [2.05, 4.69) is 34.5 Å². The largest absolute Gasteiger partial charge is 0.297 e. The third kappa shape index (κ3) is 3.18. The van der Waals surface area contributed by atoms with Crippen molar-refractivity contribution in [3.63, 3.8) is 0 Å². The maximum absolute atomic E-state index is 8.90. The van der Waals surface area contributed by atoms with Crippen LogP contribution in [0.15, 0.2) is 0 Å². The van der Waals surface area contributed by atoms with Crippen LogP contribution in [-0.2, 0) is 0 Å². The van der Waals surface area contributed by atoms with E-state index in [1.807, 2.05) is 6.92 Å². The van der Waals surface area contributed by atoms with Gasteiger partial charge in [0.25, 0.3) is 0 Å². The molecule has 0 aliphatic heterocycles. The Morgan fingerprint density at radius 1 is 1.64 bits per heavy atom. The number of hydrogen-bond acceptors (Lipinski definition) is 2. The second kappa shape index (κ2) is 4.70. The molecular weight excluding hydrogens is 155 g/mol. The summed E-state index contributed by atoms with van der Waals surface area (Å²) in [5.41, 5.74) is -0.334. The van der Waals surface area contributed by atoms with E-state index in [0.29, 0.717) is 6.04 Å². The van der Waals surface area contributed by atoms with Crippen LogP contribution in [0, 0.1) is 11.3 Å². The van der Waals surface area contributed by atoms with E-state index in [1.165, 1.54) is 0 Å². The molecule has 0 aromatic heterocycles. The van der Waals surface area contributed by atoms with E-state index in [-0.39, 0.29) is 5.54 Å². The maximum Gasteiger partial charge on any atom is 0.110 e. The molecule has 2 nitrogen and oxygen atoms in total. The second-order valence-electron chi connectivity index (χ2n) is 3.05. The van der Waals surface area contributed by atoms with Crippen LogP contribution >= 0.6 is 9.24 Å². The van der Waals surface area contributed by atoms with E-state index in [0.717, 1.165) is 12.6 Å². The molecule has 0 saturated carbocycles. The molecule has 0 radical (unpaired) electrons. The highest BCUT2D eigenvalue weighted by molar-refractivity contribution is 7.16. The van der Waals surface area contributed by atoms with Gasteiger partial charge in [0, 0.05) is 6.04 Å². The van der Waals surface area contributed by atoms with Gasteiger partial charge in [0.15, 0.2) is 0 Å². The van der Waals surface area contributed by atoms with E-state index in [4.69, 9.17) is 5.26 Å². The summed E-state index contributed by atoms with van der Waals surface area (Å²) in [7, 11) is 2.62. The summed E-state index contributed by atoms with van der Waals surface area (Å²) in [4.78, 5) is 0. The summed E-state index contributed by atoms with van der Waals surface area (Å²) in [6.07, 6.45) is 1.64. The zero-order chi connectivity index (χ0) is 8.91. The molecular formula is C8H17N2P. The van der Waals surface area contributed by atoms with Gasteiger partial charge in [0.05, 0.1) is 6.07 Å². The van der Waals surface area contributed by atoms with E-state index in [1.54, 1.807) is 0 Å². The molecule has 1 N–H and O–H groups in total. The first-order chi connectivity index (χ1) is 5.10. The fourth-order valence-corrected chi connectivity index (χ4v) is 1.51. The molecule has 0 aliphatic rings. The molecule has 0 bridgehead atoms. The Kier molecular flexibility index (Phi) is 4.65. The van der Waals surface area contributed by atoms with Crippen LogP contribution in [0.1, 0.15) is 27.2 Å². The average Bonchev–Trinajstić information content (AvgIpc) is 2.00. The summed E-state index contributed by atoms with van der Waals surface area (Å²) >= 11 is 0. The van der Waals surface area contributed by atoms with Crippen LogP contribution in [0.25, 0.3) is 0 Å². The zero-order valence-corrected chi connectivity index (χ0v) is 8.67. The topological polar surface area (TPSA) is 35.8 Å². The van der Waals surface area contributed by atoms with Crippen molar-refractivity contribution in [2.75, 3.05) is 6.16 Å². The Bertz CT molecular complexity index is 145. The SMILES string of the molecule is CCC(C#N)(CP)NC(C)C. The summed E-state index contributed by atoms with van der Waals surface area (Å²) < 4.78 is 0. The van der Waals surface area contributed by atoms with Gasteiger partial charge in [-0.15, -0.1) is 9.24 Å². The first kappa shape index (κ1) is 10.9. The molecule has 2 unspecified atom stereocenters. The van der Waals surface area contributed by atoms with Crippen LogP contribution in [0.4, 0.5) is 0 Å². The normalized spacial score (nSPS) is 16.0. The highest BCUT2D eigenvalue weighted by atomic mass is 31.0. The molecule has 11 heavy (non-hydrogen) atoms. The molecule has 2 atom stereocenters. The van der Waals surface area contributed by atoms with Gasteiger partial charge < -0.3 is 0 Å². The minimum Gasteiger partial charge on any atom is -0.297 e.